The minimum Gasteiger partial charge on any atom is -0.309 e. The van der Waals surface area contributed by atoms with E-state index in [9.17, 15) is 0 Å². The van der Waals surface area contributed by atoms with Crippen molar-refractivity contribution in [3.05, 3.63) is 41.1 Å². The lowest BCUT2D eigenvalue weighted by atomic mass is 10.1. The van der Waals surface area contributed by atoms with Gasteiger partial charge in [-0.05, 0) is 27.2 Å². The quantitative estimate of drug-likeness (QED) is 0.669. The zero-order chi connectivity index (χ0) is 12.0. The van der Waals surface area contributed by atoms with Gasteiger partial charge in [0.05, 0.1) is 0 Å². The van der Waals surface area contributed by atoms with Crippen LogP contribution in [0, 0.1) is 13.8 Å². The zero-order valence-corrected chi connectivity index (χ0v) is 10.8. The smallest absolute Gasteiger partial charge is 0.225 e. The number of para-hydroxylation sites is 1. The molecule has 0 fully saturated rings. The maximum Gasteiger partial charge on any atom is 0.225 e. The van der Waals surface area contributed by atoms with E-state index in [4.69, 9.17) is 0 Å². The Balaban J connectivity index is 2.02. The number of nitrogens with zero attached hydrogens (tertiary/aromatic N) is 2. The van der Waals surface area contributed by atoms with Crippen molar-refractivity contribution in [1.29, 1.82) is 0 Å². The SMILES string of the molecule is Cc1cccc(C)c1[N+]1=CC2=CCC(C)N2C1. The van der Waals surface area contributed by atoms with Gasteiger partial charge in [-0.15, -0.1) is 0 Å². The van der Waals surface area contributed by atoms with Crippen LogP contribution in [0.3, 0.4) is 0 Å². The first-order valence-electron chi connectivity index (χ1n) is 6.31. The summed E-state index contributed by atoms with van der Waals surface area (Å²) < 4.78 is 2.38. The Morgan fingerprint density at radius 2 is 1.94 bits per heavy atom. The van der Waals surface area contributed by atoms with E-state index in [0.29, 0.717) is 6.04 Å². The van der Waals surface area contributed by atoms with Crippen molar-refractivity contribution in [2.45, 2.75) is 33.2 Å². The van der Waals surface area contributed by atoms with Gasteiger partial charge >= 0.3 is 0 Å². The van der Waals surface area contributed by atoms with E-state index >= 15 is 0 Å². The summed E-state index contributed by atoms with van der Waals surface area (Å²) in [6.45, 7) is 7.68. The first-order valence-corrected chi connectivity index (χ1v) is 6.31. The molecule has 0 aliphatic carbocycles. The van der Waals surface area contributed by atoms with E-state index in [1.165, 1.54) is 28.9 Å². The average molecular weight is 227 g/mol. The molecule has 2 aliphatic rings. The van der Waals surface area contributed by atoms with Crippen LogP contribution < -0.4 is 0 Å². The molecule has 1 unspecified atom stereocenters. The van der Waals surface area contributed by atoms with Crippen molar-refractivity contribution >= 4 is 11.9 Å². The van der Waals surface area contributed by atoms with Crippen molar-refractivity contribution in [3.8, 4) is 0 Å². The third-order valence-corrected chi connectivity index (χ3v) is 3.85. The van der Waals surface area contributed by atoms with E-state index in [0.717, 1.165) is 6.67 Å². The fourth-order valence-corrected chi connectivity index (χ4v) is 2.90. The van der Waals surface area contributed by atoms with Crippen LogP contribution >= 0.6 is 0 Å². The molecule has 0 saturated carbocycles. The molecule has 3 rings (SSSR count). The molecule has 0 radical (unpaired) electrons. The van der Waals surface area contributed by atoms with Crippen molar-refractivity contribution in [1.82, 2.24) is 4.90 Å². The largest absolute Gasteiger partial charge is 0.309 e. The predicted molar refractivity (Wildman–Crippen MR) is 70.8 cm³/mol. The first kappa shape index (κ1) is 10.6. The van der Waals surface area contributed by atoms with Crippen LogP contribution in [0.5, 0.6) is 0 Å². The second kappa shape index (κ2) is 3.73. The Kier molecular flexibility index (Phi) is 2.32. The fraction of sp³-hybridized carbons (Fsp3) is 0.400. The molecule has 2 nitrogen and oxygen atoms in total. The van der Waals surface area contributed by atoms with Crippen molar-refractivity contribution in [2.75, 3.05) is 6.67 Å². The number of hydrogen-bond donors (Lipinski definition) is 0. The number of hydrogen-bond acceptors (Lipinski definition) is 1. The highest BCUT2D eigenvalue weighted by Gasteiger charge is 2.34. The van der Waals surface area contributed by atoms with Crippen LogP contribution in [0.2, 0.25) is 0 Å². The van der Waals surface area contributed by atoms with Crippen molar-refractivity contribution in [3.63, 3.8) is 0 Å². The lowest BCUT2D eigenvalue weighted by Crippen LogP contribution is -2.27. The Labute approximate surface area is 103 Å². The van der Waals surface area contributed by atoms with Crippen LogP contribution in [0.15, 0.2) is 30.0 Å². The molecule has 0 bridgehead atoms. The van der Waals surface area contributed by atoms with Gasteiger partial charge in [0.1, 0.15) is 5.70 Å². The first-order chi connectivity index (χ1) is 8.16. The maximum atomic E-state index is 2.48. The number of aryl methyl sites for hydroxylation is 2. The minimum atomic E-state index is 0.649. The molecular formula is C15H19N2+. The summed E-state index contributed by atoms with van der Waals surface area (Å²) in [5.41, 5.74) is 5.47. The molecule has 0 aromatic heterocycles. The fourth-order valence-electron chi connectivity index (χ4n) is 2.90. The Morgan fingerprint density at radius 3 is 2.59 bits per heavy atom. The second-order valence-corrected chi connectivity index (χ2v) is 5.16. The highest BCUT2D eigenvalue weighted by molar-refractivity contribution is 5.77. The van der Waals surface area contributed by atoms with E-state index in [-0.39, 0.29) is 0 Å². The molecule has 0 N–H and O–H groups in total. The summed E-state index contributed by atoms with van der Waals surface area (Å²) in [6.07, 6.45) is 5.82. The topological polar surface area (TPSA) is 6.25 Å². The standard InChI is InChI=1S/C15H19N2/c1-11-5-4-6-12(2)15(11)16-9-14-8-7-13(3)17(14)10-16/h4-6,8-9,13H,7,10H2,1-3H3/q+1. The third-order valence-electron chi connectivity index (χ3n) is 3.85. The molecule has 88 valence electrons. The number of allylic oxidation sites excluding steroid dienone is 1. The summed E-state index contributed by atoms with van der Waals surface area (Å²) in [5.74, 6) is 0. The van der Waals surface area contributed by atoms with Gasteiger partial charge in [0.25, 0.3) is 0 Å². The Bertz CT molecular complexity index is 505. The van der Waals surface area contributed by atoms with Crippen molar-refractivity contribution in [2.24, 2.45) is 0 Å². The minimum absolute atomic E-state index is 0.649. The van der Waals surface area contributed by atoms with Gasteiger partial charge in [-0.1, -0.05) is 24.3 Å². The molecular weight excluding hydrogens is 208 g/mol. The Hall–Kier alpha value is -1.57. The van der Waals surface area contributed by atoms with Gasteiger partial charge in [0.2, 0.25) is 12.4 Å². The summed E-state index contributed by atoms with van der Waals surface area (Å²) in [5, 5.41) is 0. The van der Waals surface area contributed by atoms with Crippen LogP contribution in [-0.4, -0.2) is 28.4 Å². The van der Waals surface area contributed by atoms with E-state index in [2.05, 4.69) is 60.7 Å². The van der Waals surface area contributed by atoms with Crippen LogP contribution in [-0.2, 0) is 0 Å². The summed E-state index contributed by atoms with van der Waals surface area (Å²) >= 11 is 0. The van der Waals surface area contributed by atoms with Gasteiger partial charge in [-0.2, -0.15) is 4.58 Å². The molecule has 0 amide bonds. The second-order valence-electron chi connectivity index (χ2n) is 5.16. The summed E-state index contributed by atoms with van der Waals surface area (Å²) in [7, 11) is 0. The number of benzene rings is 1. The average Bonchev–Trinajstić information content (AvgIpc) is 2.82. The molecule has 0 saturated heterocycles. The molecule has 17 heavy (non-hydrogen) atoms. The van der Waals surface area contributed by atoms with Crippen LogP contribution in [0.4, 0.5) is 5.69 Å². The van der Waals surface area contributed by atoms with Gasteiger partial charge in [-0.25, -0.2) is 0 Å². The van der Waals surface area contributed by atoms with Crippen molar-refractivity contribution < 1.29 is 4.58 Å². The predicted octanol–water partition coefficient (Wildman–Crippen LogP) is 2.97. The zero-order valence-electron chi connectivity index (χ0n) is 10.8. The van der Waals surface area contributed by atoms with E-state index < -0.39 is 0 Å². The maximum absolute atomic E-state index is 2.48. The van der Waals surface area contributed by atoms with Gasteiger partial charge in [-0.3, -0.25) is 0 Å². The molecule has 1 aromatic carbocycles. The lowest BCUT2D eigenvalue weighted by molar-refractivity contribution is -0.449. The molecule has 1 aromatic rings. The summed E-state index contributed by atoms with van der Waals surface area (Å²) in [4.78, 5) is 2.48. The normalized spacial score (nSPS) is 22.5. The molecule has 2 heterocycles. The highest BCUT2D eigenvalue weighted by Crippen LogP contribution is 2.30. The van der Waals surface area contributed by atoms with Gasteiger partial charge in [0, 0.05) is 17.2 Å². The van der Waals surface area contributed by atoms with Crippen LogP contribution in [0.25, 0.3) is 0 Å². The van der Waals surface area contributed by atoms with E-state index in [1.807, 2.05) is 0 Å². The number of fused-ring (bicyclic) bond motifs is 1. The molecule has 1 atom stereocenters. The summed E-state index contributed by atoms with van der Waals surface area (Å²) in [6, 6.07) is 7.16. The van der Waals surface area contributed by atoms with Gasteiger partial charge < -0.3 is 4.90 Å². The highest BCUT2D eigenvalue weighted by atomic mass is 15.3. The van der Waals surface area contributed by atoms with Crippen LogP contribution in [0.1, 0.15) is 24.5 Å². The van der Waals surface area contributed by atoms with E-state index in [1.54, 1.807) is 0 Å². The Morgan fingerprint density at radius 1 is 1.24 bits per heavy atom. The molecule has 2 aliphatic heterocycles. The number of rotatable bonds is 1. The monoisotopic (exact) mass is 227 g/mol. The lowest BCUT2D eigenvalue weighted by Gasteiger charge is -2.17. The molecule has 2 heteroatoms. The molecule has 0 spiro atoms. The third kappa shape index (κ3) is 1.59. The van der Waals surface area contributed by atoms with Gasteiger partial charge in [0.15, 0.2) is 6.21 Å².